The lowest BCUT2D eigenvalue weighted by molar-refractivity contribution is -0.143. The second-order valence-corrected chi connectivity index (χ2v) is 9.53. The molecular weight excluding hydrogens is 418 g/mol. The highest BCUT2D eigenvalue weighted by molar-refractivity contribution is 6.30. The minimum atomic E-state index is -0.999. The number of piperidine rings is 1. The van der Waals surface area contributed by atoms with Crippen LogP contribution < -0.4 is 0 Å². The molecule has 3 aliphatic rings. The quantitative estimate of drug-likeness (QED) is 0.767. The Morgan fingerprint density at radius 1 is 0.935 bits per heavy atom. The zero-order chi connectivity index (χ0) is 22.1. The molecule has 0 radical (unpaired) electrons. The SMILES string of the molecule is CN(C(=O)O)[C@@H]1CN(C(=O)C2CCN(C(=O)C3CCC3)CC2)C[C@H]1c1ccc(Cl)cc1. The molecule has 31 heavy (non-hydrogen) atoms. The van der Waals surface area contributed by atoms with Gasteiger partial charge in [0, 0.05) is 56.0 Å². The van der Waals surface area contributed by atoms with Crippen LogP contribution in [0.3, 0.4) is 0 Å². The molecule has 2 saturated heterocycles. The average molecular weight is 448 g/mol. The number of hydrogen-bond donors (Lipinski definition) is 1. The summed E-state index contributed by atoms with van der Waals surface area (Å²) in [5, 5.41) is 10.2. The van der Waals surface area contributed by atoms with Crippen molar-refractivity contribution in [3.05, 3.63) is 34.9 Å². The van der Waals surface area contributed by atoms with Crippen LogP contribution in [0, 0.1) is 11.8 Å². The predicted octanol–water partition coefficient (Wildman–Crippen LogP) is 3.28. The van der Waals surface area contributed by atoms with Crippen molar-refractivity contribution in [2.24, 2.45) is 11.8 Å². The van der Waals surface area contributed by atoms with Gasteiger partial charge in [0.1, 0.15) is 0 Å². The summed E-state index contributed by atoms with van der Waals surface area (Å²) < 4.78 is 0. The number of amides is 3. The fraction of sp³-hybridized carbons (Fsp3) is 0.609. The lowest BCUT2D eigenvalue weighted by Crippen LogP contribution is -2.47. The van der Waals surface area contributed by atoms with Crippen LogP contribution in [0.15, 0.2) is 24.3 Å². The molecule has 3 fully saturated rings. The highest BCUT2D eigenvalue weighted by atomic mass is 35.5. The highest BCUT2D eigenvalue weighted by Gasteiger charge is 2.42. The number of halogens is 1. The molecule has 2 aliphatic heterocycles. The molecule has 4 rings (SSSR count). The Bertz CT molecular complexity index is 834. The van der Waals surface area contributed by atoms with E-state index in [0.717, 1.165) is 24.8 Å². The van der Waals surface area contributed by atoms with Gasteiger partial charge in [0.05, 0.1) is 6.04 Å². The maximum Gasteiger partial charge on any atom is 0.407 e. The van der Waals surface area contributed by atoms with E-state index in [1.54, 1.807) is 19.2 Å². The van der Waals surface area contributed by atoms with Crippen molar-refractivity contribution in [2.45, 2.75) is 44.1 Å². The number of carbonyl (C=O) groups excluding carboxylic acids is 2. The van der Waals surface area contributed by atoms with Gasteiger partial charge in [-0.25, -0.2) is 4.79 Å². The van der Waals surface area contributed by atoms with Crippen LogP contribution in [0.5, 0.6) is 0 Å². The first-order chi connectivity index (χ1) is 14.8. The van der Waals surface area contributed by atoms with E-state index in [9.17, 15) is 19.5 Å². The number of carboxylic acid groups (broad SMARTS) is 1. The van der Waals surface area contributed by atoms with Gasteiger partial charge in [-0.15, -0.1) is 0 Å². The van der Waals surface area contributed by atoms with Crippen LogP contribution in [-0.2, 0) is 9.59 Å². The first-order valence-electron chi connectivity index (χ1n) is 11.1. The molecule has 1 aromatic carbocycles. The lowest BCUT2D eigenvalue weighted by Gasteiger charge is -2.37. The summed E-state index contributed by atoms with van der Waals surface area (Å²) in [6.45, 7) is 2.15. The van der Waals surface area contributed by atoms with Crippen molar-refractivity contribution in [1.29, 1.82) is 0 Å². The van der Waals surface area contributed by atoms with E-state index >= 15 is 0 Å². The standard InChI is InChI=1S/C23H30ClN3O4/c1-25(23(30)31)20-14-27(13-19(20)15-5-7-18(24)8-6-15)22(29)17-9-11-26(12-10-17)21(28)16-3-2-4-16/h5-8,16-17,19-20H,2-4,9-14H2,1H3,(H,30,31)/t19-,20+/m0/s1. The number of benzene rings is 1. The van der Waals surface area contributed by atoms with Gasteiger partial charge >= 0.3 is 6.09 Å². The largest absolute Gasteiger partial charge is 0.465 e. The smallest absolute Gasteiger partial charge is 0.407 e. The van der Waals surface area contributed by atoms with E-state index in [1.807, 2.05) is 21.9 Å². The van der Waals surface area contributed by atoms with E-state index in [0.29, 0.717) is 44.0 Å². The molecule has 1 aromatic rings. The molecule has 1 saturated carbocycles. The Kier molecular flexibility index (Phi) is 6.42. The number of likely N-dealkylation sites (tertiary alicyclic amines) is 2. The fourth-order valence-electron chi connectivity index (χ4n) is 5.06. The highest BCUT2D eigenvalue weighted by Crippen LogP contribution is 2.34. The third-order valence-electron chi connectivity index (χ3n) is 7.31. The summed E-state index contributed by atoms with van der Waals surface area (Å²) in [5.74, 6) is 0.325. The van der Waals surface area contributed by atoms with Gasteiger partial charge in [-0.1, -0.05) is 30.2 Å². The Morgan fingerprint density at radius 2 is 1.52 bits per heavy atom. The van der Waals surface area contributed by atoms with Crippen LogP contribution in [0.25, 0.3) is 0 Å². The van der Waals surface area contributed by atoms with Crippen molar-refractivity contribution in [3.63, 3.8) is 0 Å². The molecular formula is C23H30ClN3O4. The van der Waals surface area contributed by atoms with E-state index in [2.05, 4.69) is 0 Å². The summed E-state index contributed by atoms with van der Waals surface area (Å²) in [6, 6.07) is 7.12. The topological polar surface area (TPSA) is 81.2 Å². The zero-order valence-corrected chi connectivity index (χ0v) is 18.6. The summed E-state index contributed by atoms with van der Waals surface area (Å²) in [4.78, 5) is 42.5. The maximum absolute atomic E-state index is 13.3. The van der Waals surface area contributed by atoms with Gasteiger partial charge in [-0.3, -0.25) is 9.59 Å². The second-order valence-electron chi connectivity index (χ2n) is 9.09. The Morgan fingerprint density at radius 3 is 2.06 bits per heavy atom. The number of rotatable bonds is 4. The Balaban J connectivity index is 1.41. The summed E-state index contributed by atoms with van der Waals surface area (Å²) in [5.41, 5.74) is 0.985. The van der Waals surface area contributed by atoms with Gasteiger partial charge in [-0.05, 0) is 43.4 Å². The number of hydrogen-bond acceptors (Lipinski definition) is 3. The molecule has 1 N–H and O–H groups in total. The van der Waals surface area contributed by atoms with E-state index in [4.69, 9.17) is 11.6 Å². The van der Waals surface area contributed by atoms with Crippen molar-refractivity contribution in [3.8, 4) is 0 Å². The molecule has 2 atom stereocenters. The molecule has 3 amide bonds. The molecule has 2 heterocycles. The molecule has 0 unspecified atom stereocenters. The first-order valence-corrected chi connectivity index (χ1v) is 11.5. The third-order valence-corrected chi connectivity index (χ3v) is 7.56. The monoisotopic (exact) mass is 447 g/mol. The van der Waals surface area contributed by atoms with E-state index in [1.165, 1.54) is 4.90 Å². The normalized spacial score (nSPS) is 24.7. The Hall–Kier alpha value is -2.28. The minimum Gasteiger partial charge on any atom is -0.465 e. The van der Waals surface area contributed by atoms with Crippen LogP contribution >= 0.6 is 11.6 Å². The van der Waals surface area contributed by atoms with Crippen molar-refractivity contribution in [1.82, 2.24) is 14.7 Å². The number of likely N-dealkylation sites (N-methyl/N-ethyl adjacent to an activating group) is 1. The zero-order valence-electron chi connectivity index (χ0n) is 17.9. The van der Waals surface area contributed by atoms with Gasteiger partial charge in [0.15, 0.2) is 0 Å². The number of carbonyl (C=O) groups is 3. The maximum atomic E-state index is 13.3. The van der Waals surface area contributed by atoms with Crippen molar-refractivity contribution < 1.29 is 19.5 Å². The van der Waals surface area contributed by atoms with E-state index < -0.39 is 6.09 Å². The van der Waals surface area contributed by atoms with Crippen LogP contribution in [0.2, 0.25) is 5.02 Å². The lowest BCUT2D eigenvalue weighted by atomic mass is 9.83. The first kappa shape index (κ1) is 21.9. The summed E-state index contributed by atoms with van der Waals surface area (Å²) >= 11 is 6.02. The molecule has 0 spiro atoms. The van der Waals surface area contributed by atoms with Crippen LogP contribution in [0.4, 0.5) is 4.79 Å². The van der Waals surface area contributed by atoms with E-state index in [-0.39, 0.29) is 35.6 Å². The summed E-state index contributed by atoms with van der Waals surface area (Å²) in [7, 11) is 1.56. The molecule has 0 aromatic heterocycles. The third kappa shape index (κ3) is 4.52. The summed E-state index contributed by atoms with van der Waals surface area (Å²) in [6.07, 6.45) is 3.49. The van der Waals surface area contributed by atoms with Gasteiger partial charge in [-0.2, -0.15) is 0 Å². The fourth-order valence-corrected chi connectivity index (χ4v) is 5.18. The van der Waals surface area contributed by atoms with Crippen LogP contribution in [-0.4, -0.2) is 77.0 Å². The number of nitrogens with zero attached hydrogens (tertiary/aromatic N) is 3. The van der Waals surface area contributed by atoms with Gasteiger partial charge in [0.2, 0.25) is 11.8 Å². The van der Waals surface area contributed by atoms with Crippen LogP contribution in [0.1, 0.15) is 43.6 Å². The van der Waals surface area contributed by atoms with Crippen molar-refractivity contribution in [2.75, 3.05) is 33.2 Å². The molecule has 7 nitrogen and oxygen atoms in total. The minimum absolute atomic E-state index is 0.0796. The second kappa shape index (κ2) is 9.07. The molecule has 168 valence electrons. The van der Waals surface area contributed by atoms with Gasteiger partial charge < -0.3 is 19.8 Å². The predicted molar refractivity (Wildman–Crippen MR) is 117 cm³/mol. The molecule has 0 bridgehead atoms. The molecule has 1 aliphatic carbocycles. The average Bonchev–Trinajstić information content (AvgIpc) is 3.17. The molecule has 8 heteroatoms. The van der Waals surface area contributed by atoms with Gasteiger partial charge in [0.25, 0.3) is 0 Å². The Labute approximate surface area is 187 Å². The van der Waals surface area contributed by atoms with Crippen molar-refractivity contribution >= 4 is 29.5 Å².